The SMILES string of the molecule is Nc1ccc2cc3ccc(N)cc3[n+](CCCC(=O)NCCCCCCNc3ncnc4c3ncn4[C@@H]3O[C@H](COP(=O)(O)OP(=O)(O)OP(=O)([O-])O)[C@@H](O)[C@H]3O)c2c1. The van der Waals surface area contributed by atoms with Crippen LogP contribution in [-0.4, -0.2) is 88.3 Å². The van der Waals surface area contributed by atoms with Crippen molar-refractivity contribution in [1.82, 2.24) is 24.8 Å². The van der Waals surface area contributed by atoms with Gasteiger partial charge in [0.1, 0.15) is 31.2 Å². The number of aliphatic hydroxyl groups is 2. The van der Waals surface area contributed by atoms with Gasteiger partial charge < -0.3 is 56.6 Å². The lowest BCUT2D eigenvalue weighted by Crippen LogP contribution is -2.36. The fourth-order valence-corrected chi connectivity index (χ4v) is 9.62. The Balaban J connectivity index is 0.914. The Morgan fingerprint density at radius 2 is 1.53 bits per heavy atom. The Morgan fingerprint density at radius 1 is 0.864 bits per heavy atom. The van der Waals surface area contributed by atoms with Crippen LogP contribution < -0.4 is 31.6 Å². The number of rotatable bonds is 20. The number of phosphoric ester groups is 1. The van der Waals surface area contributed by atoms with E-state index in [4.69, 9.17) is 21.1 Å². The highest BCUT2D eigenvalue weighted by Gasteiger charge is 2.46. The number of benzene rings is 2. The minimum Gasteiger partial charge on any atom is -0.756 e. The first kappa shape index (κ1) is 44.4. The Hall–Kier alpha value is -4.18. The second-order valence-electron chi connectivity index (χ2n) is 13.7. The van der Waals surface area contributed by atoms with E-state index in [1.807, 2.05) is 36.4 Å². The summed E-state index contributed by atoms with van der Waals surface area (Å²) in [4.78, 5) is 63.7. The molecular weight excluding hydrogens is 839 g/mol. The van der Waals surface area contributed by atoms with Crippen LogP contribution in [0.15, 0.2) is 55.1 Å². The monoisotopic (exact) mass is 883 g/mol. The molecule has 2 aromatic carbocycles. The van der Waals surface area contributed by atoms with E-state index in [1.165, 1.54) is 17.2 Å². The predicted molar refractivity (Wildman–Crippen MR) is 209 cm³/mol. The zero-order chi connectivity index (χ0) is 42.5. The van der Waals surface area contributed by atoms with Crippen LogP contribution in [0.25, 0.3) is 33.0 Å². The van der Waals surface area contributed by atoms with Crippen molar-refractivity contribution in [3.8, 4) is 0 Å². The summed E-state index contributed by atoms with van der Waals surface area (Å²) >= 11 is 0. The molecule has 26 heteroatoms. The number of nitrogens with one attached hydrogen (secondary N) is 2. The predicted octanol–water partition coefficient (Wildman–Crippen LogP) is 1.48. The van der Waals surface area contributed by atoms with Gasteiger partial charge in [0.2, 0.25) is 16.9 Å². The molecule has 3 unspecified atom stereocenters. The zero-order valence-corrected chi connectivity index (χ0v) is 33.9. The molecule has 6 rings (SSSR count). The maximum Gasteiger partial charge on any atom is 0.487 e. The van der Waals surface area contributed by atoms with Gasteiger partial charge in [0.25, 0.3) is 7.82 Å². The van der Waals surface area contributed by atoms with Crippen LogP contribution in [0.2, 0.25) is 0 Å². The second kappa shape index (κ2) is 18.6. The van der Waals surface area contributed by atoms with E-state index in [0.29, 0.717) is 55.2 Å². The maximum atomic E-state index is 12.7. The number of nitrogen functional groups attached to an aromatic ring is 2. The smallest absolute Gasteiger partial charge is 0.487 e. The van der Waals surface area contributed by atoms with Gasteiger partial charge in [-0.05, 0) is 43.2 Å². The number of hydrogen-bond acceptors (Lipinski definition) is 17. The van der Waals surface area contributed by atoms with Crippen LogP contribution in [0.3, 0.4) is 0 Å². The summed E-state index contributed by atoms with van der Waals surface area (Å²) in [7, 11) is -17.2. The summed E-state index contributed by atoms with van der Waals surface area (Å²) in [5, 5.41) is 29.5. The molecule has 0 saturated carbocycles. The number of carbonyl (C=O) groups excluding carboxylic acids is 1. The first-order valence-electron chi connectivity index (χ1n) is 18.3. The average molecular weight is 884 g/mol. The summed E-state index contributed by atoms with van der Waals surface area (Å²) in [6.45, 7) is 0.706. The molecule has 1 aliphatic heterocycles. The van der Waals surface area contributed by atoms with Crippen LogP contribution in [-0.2, 0) is 42.9 Å². The molecule has 0 radical (unpaired) electrons. The summed E-state index contributed by atoms with van der Waals surface area (Å²) in [5.41, 5.74) is 16.0. The third-order valence-corrected chi connectivity index (χ3v) is 13.1. The van der Waals surface area contributed by atoms with Crippen molar-refractivity contribution < 1.29 is 70.7 Å². The van der Waals surface area contributed by atoms with Gasteiger partial charge in [-0.1, -0.05) is 12.8 Å². The first-order chi connectivity index (χ1) is 27.9. The van der Waals surface area contributed by atoms with Crippen LogP contribution >= 0.6 is 23.5 Å². The van der Waals surface area contributed by atoms with Gasteiger partial charge in [-0.15, -0.1) is 0 Å². The molecular formula is C33H44N9O14P3. The van der Waals surface area contributed by atoms with E-state index in [1.54, 1.807) is 0 Å². The largest absolute Gasteiger partial charge is 0.756 e. The summed E-state index contributed by atoms with van der Waals surface area (Å²) in [6.07, 6.45) is 0.627. The van der Waals surface area contributed by atoms with Crippen molar-refractivity contribution >= 4 is 79.5 Å². The van der Waals surface area contributed by atoms with Crippen molar-refractivity contribution in [1.29, 1.82) is 0 Å². The van der Waals surface area contributed by atoms with Crippen molar-refractivity contribution in [2.75, 3.05) is 36.5 Å². The Morgan fingerprint density at radius 3 is 2.19 bits per heavy atom. The molecule has 0 bridgehead atoms. The van der Waals surface area contributed by atoms with E-state index < -0.39 is 54.6 Å². The standard InChI is InChI=1S/C33H44N9O14P3/c34-22-9-7-20-14-21-8-10-23(35)16-25(21)41(24(20)15-22)13-5-6-27(43)36-11-3-1-2-4-12-37-31-28-32(39-18-38-31)42(19-40-28)33-30(45)29(44)26(54-33)17-53-58(49,50)56-59(51,52)55-57(46,47)48/h7-10,14-16,18-19,26,29-30,33,44-45H,1-6,11-13,17H2,(H9,34,35,36,37,38,39,43,46,47,48,49,50,51,52)/t26-,29-,30-,33-/m1/s1. The van der Waals surface area contributed by atoms with Gasteiger partial charge in [0.05, 0.1) is 12.9 Å². The molecule has 4 heterocycles. The number of amides is 1. The first-order valence-corrected chi connectivity index (χ1v) is 22.8. The topological polar surface area (TPSA) is 353 Å². The van der Waals surface area contributed by atoms with Crippen LogP contribution in [0.4, 0.5) is 17.2 Å². The molecule has 0 aliphatic carbocycles. The number of fused-ring (bicyclic) bond motifs is 3. The van der Waals surface area contributed by atoms with E-state index in [2.05, 4.69) is 49.4 Å². The third kappa shape index (κ3) is 11.6. The van der Waals surface area contributed by atoms with E-state index >= 15 is 0 Å². The molecule has 11 N–H and O–H groups in total. The number of unbranched alkanes of at least 4 members (excludes halogenated alkanes) is 3. The highest BCUT2D eigenvalue weighted by atomic mass is 31.3. The molecule has 320 valence electrons. The van der Waals surface area contributed by atoms with Crippen molar-refractivity contribution in [3.63, 3.8) is 0 Å². The van der Waals surface area contributed by atoms with Crippen molar-refractivity contribution in [2.24, 2.45) is 0 Å². The molecule has 59 heavy (non-hydrogen) atoms. The van der Waals surface area contributed by atoms with Gasteiger partial charge in [0.15, 0.2) is 23.2 Å². The average Bonchev–Trinajstić information content (AvgIpc) is 3.70. The fraction of sp³-hybridized carbons (Fsp3) is 0.424. The fourth-order valence-electron chi connectivity index (χ4n) is 6.63. The molecule has 1 amide bonds. The molecule has 23 nitrogen and oxygen atoms in total. The zero-order valence-electron chi connectivity index (χ0n) is 31.2. The molecule has 0 spiro atoms. The van der Waals surface area contributed by atoms with Crippen molar-refractivity contribution in [2.45, 2.75) is 69.6 Å². The van der Waals surface area contributed by atoms with E-state index in [9.17, 15) is 43.4 Å². The van der Waals surface area contributed by atoms with Crippen LogP contribution in [0.1, 0.15) is 44.8 Å². The van der Waals surface area contributed by atoms with Crippen molar-refractivity contribution in [3.05, 3.63) is 55.1 Å². The molecule has 5 aromatic rings. The van der Waals surface area contributed by atoms with Gasteiger partial charge in [0, 0.05) is 60.2 Å². The minimum atomic E-state index is -5.84. The van der Waals surface area contributed by atoms with Gasteiger partial charge >= 0.3 is 15.6 Å². The van der Waals surface area contributed by atoms with Gasteiger partial charge in [-0.2, -0.15) is 8.88 Å². The molecule has 7 atom stereocenters. The quantitative estimate of drug-likeness (QED) is 0.0176. The number of carbonyl (C=O) groups is 1. The Labute approximate surface area is 335 Å². The lowest BCUT2D eigenvalue weighted by atomic mass is 10.1. The number of ether oxygens (including phenoxy) is 1. The Kier molecular flexibility index (Phi) is 14.0. The van der Waals surface area contributed by atoms with Gasteiger partial charge in [-0.25, -0.2) is 28.4 Å². The molecule has 1 saturated heterocycles. The number of pyridine rings is 1. The number of aliphatic hydroxyl groups excluding tert-OH is 2. The molecule has 1 fully saturated rings. The number of hydrogen-bond donors (Lipinski definition) is 9. The molecule has 3 aromatic heterocycles. The van der Waals surface area contributed by atoms with Crippen LogP contribution in [0, 0.1) is 0 Å². The molecule has 1 aliphatic rings. The number of anilines is 3. The highest BCUT2D eigenvalue weighted by molar-refractivity contribution is 7.66. The number of nitrogens with zero attached hydrogens (tertiary/aromatic N) is 5. The third-order valence-electron chi connectivity index (χ3n) is 9.29. The summed E-state index contributed by atoms with van der Waals surface area (Å²) in [5.74, 6) is 0.361. The lowest BCUT2D eigenvalue weighted by molar-refractivity contribution is -0.645. The second-order valence-corrected chi connectivity index (χ2v) is 18.1. The van der Waals surface area contributed by atoms with E-state index in [-0.39, 0.29) is 11.6 Å². The number of aryl methyl sites for hydroxylation is 1. The number of phosphoric acid groups is 3. The normalized spacial score (nSPS) is 21.3. The lowest BCUT2D eigenvalue weighted by Gasteiger charge is -2.21. The van der Waals surface area contributed by atoms with Gasteiger partial charge in [-0.3, -0.25) is 18.5 Å². The summed E-state index contributed by atoms with van der Waals surface area (Å²) < 4.78 is 55.1. The van der Waals surface area contributed by atoms with E-state index in [0.717, 1.165) is 47.5 Å². The Bertz CT molecular complexity index is 2390. The minimum absolute atomic E-state index is 0.0232. The number of aromatic nitrogens is 5. The highest BCUT2D eigenvalue weighted by Crippen LogP contribution is 2.65. The maximum absolute atomic E-state index is 12.7. The van der Waals surface area contributed by atoms with Crippen LogP contribution in [0.5, 0.6) is 0 Å². The summed E-state index contributed by atoms with van der Waals surface area (Å²) in [6, 6.07) is 13.7. The number of imidazole rings is 1. The number of nitrogens with two attached hydrogens (primary N) is 2.